The molecule has 1 aromatic rings. The quantitative estimate of drug-likeness (QED) is 0.889. The molecule has 0 saturated carbocycles. The lowest BCUT2D eigenvalue weighted by atomic mass is 9.91. The third kappa shape index (κ3) is 2.85. The number of rotatable bonds is 3. The van der Waals surface area contributed by atoms with E-state index in [1.54, 1.807) is 24.3 Å². The van der Waals surface area contributed by atoms with Crippen LogP contribution >= 0.6 is 0 Å². The molecule has 1 unspecified atom stereocenters. The molecule has 1 N–H and O–H groups in total. The highest BCUT2D eigenvalue weighted by molar-refractivity contribution is 7.90. The molecule has 5 nitrogen and oxygen atoms in total. The maximum absolute atomic E-state index is 11.5. The van der Waals surface area contributed by atoms with Crippen LogP contribution in [0.1, 0.15) is 12.5 Å². The van der Waals surface area contributed by atoms with E-state index in [1.807, 2.05) is 6.92 Å². The van der Waals surface area contributed by atoms with Gasteiger partial charge in [0.05, 0.1) is 11.0 Å². The third-order valence-electron chi connectivity index (χ3n) is 3.81. The number of sulfone groups is 1. The minimum atomic E-state index is -3.20. The van der Waals surface area contributed by atoms with Gasteiger partial charge in [0, 0.05) is 32.4 Å². The summed E-state index contributed by atoms with van der Waals surface area (Å²) >= 11 is 0. The maximum atomic E-state index is 11.5. The van der Waals surface area contributed by atoms with E-state index in [9.17, 15) is 13.7 Å². The Morgan fingerprint density at radius 3 is 2.25 bits per heavy atom. The zero-order valence-corrected chi connectivity index (χ0v) is 12.6. The molecule has 2 rings (SSSR count). The Hall–Kier alpha value is -1.42. The lowest BCUT2D eigenvalue weighted by Crippen LogP contribution is -2.52. The Labute approximate surface area is 120 Å². The molecule has 0 aromatic heterocycles. The fourth-order valence-corrected chi connectivity index (χ4v) is 3.09. The van der Waals surface area contributed by atoms with Crippen LogP contribution in [-0.2, 0) is 15.4 Å². The van der Waals surface area contributed by atoms with E-state index in [0.29, 0.717) is 0 Å². The average Bonchev–Trinajstić information content (AvgIpc) is 2.46. The molecule has 1 heterocycles. The summed E-state index contributed by atoms with van der Waals surface area (Å²) in [6.07, 6.45) is 1.18. The largest absolute Gasteiger partial charge is 0.314 e. The fraction of sp³-hybridized carbons (Fsp3) is 0.500. The number of nitriles is 1. The summed E-state index contributed by atoms with van der Waals surface area (Å²) in [5.74, 6) is 0. The van der Waals surface area contributed by atoms with Gasteiger partial charge >= 0.3 is 0 Å². The number of nitrogens with one attached hydrogen (secondary N) is 1. The molecule has 1 atom stereocenters. The van der Waals surface area contributed by atoms with Crippen molar-refractivity contribution in [2.45, 2.75) is 17.4 Å². The molecular weight excluding hydrogens is 274 g/mol. The highest BCUT2D eigenvalue weighted by Gasteiger charge is 2.34. The Kier molecular flexibility index (Phi) is 4.14. The van der Waals surface area contributed by atoms with Gasteiger partial charge in [0.2, 0.25) is 0 Å². The highest BCUT2D eigenvalue weighted by Crippen LogP contribution is 2.28. The van der Waals surface area contributed by atoms with Gasteiger partial charge in [-0.1, -0.05) is 12.1 Å². The van der Waals surface area contributed by atoms with Crippen LogP contribution < -0.4 is 5.32 Å². The Bertz CT molecular complexity index is 613. The lowest BCUT2D eigenvalue weighted by molar-refractivity contribution is 0.132. The van der Waals surface area contributed by atoms with Gasteiger partial charge in [-0.3, -0.25) is 4.90 Å². The van der Waals surface area contributed by atoms with E-state index >= 15 is 0 Å². The molecule has 0 aliphatic carbocycles. The van der Waals surface area contributed by atoms with Crippen LogP contribution in [0.3, 0.4) is 0 Å². The predicted molar refractivity (Wildman–Crippen MR) is 77.0 cm³/mol. The Balaban J connectivity index is 2.34. The highest BCUT2D eigenvalue weighted by atomic mass is 32.2. The number of nitrogens with zero attached hydrogens (tertiary/aromatic N) is 2. The molecule has 1 aromatic carbocycles. The van der Waals surface area contributed by atoms with Gasteiger partial charge < -0.3 is 5.32 Å². The standard InChI is InChI=1S/C14H19N3O2S/c1-14(11-15,17-9-7-16-8-10-17)12-3-5-13(6-4-12)20(2,18)19/h3-6,16H,7-10H2,1-2H3. The SMILES string of the molecule is CC(C#N)(c1ccc(S(C)(=O)=O)cc1)N1CCNCC1. The van der Waals surface area contributed by atoms with Crippen molar-refractivity contribution in [1.29, 1.82) is 5.26 Å². The van der Waals surface area contributed by atoms with Gasteiger partial charge in [0.1, 0.15) is 5.54 Å². The first-order chi connectivity index (χ1) is 9.38. The molecule has 0 bridgehead atoms. The number of piperazine rings is 1. The predicted octanol–water partition coefficient (Wildman–Crippen LogP) is 0.734. The van der Waals surface area contributed by atoms with Crippen molar-refractivity contribution in [2.24, 2.45) is 0 Å². The van der Waals surface area contributed by atoms with Crippen LogP contribution in [-0.4, -0.2) is 45.8 Å². The Morgan fingerprint density at radius 2 is 1.80 bits per heavy atom. The molecular formula is C14H19N3O2S. The average molecular weight is 293 g/mol. The van der Waals surface area contributed by atoms with Crippen molar-refractivity contribution in [3.8, 4) is 6.07 Å². The van der Waals surface area contributed by atoms with E-state index in [0.717, 1.165) is 31.7 Å². The molecule has 1 aliphatic rings. The first-order valence-electron chi connectivity index (χ1n) is 6.55. The first-order valence-corrected chi connectivity index (χ1v) is 8.45. The first kappa shape index (κ1) is 15.0. The fourth-order valence-electron chi connectivity index (χ4n) is 2.46. The maximum Gasteiger partial charge on any atom is 0.175 e. The van der Waals surface area contributed by atoms with Gasteiger partial charge in [-0.05, 0) is 24.6 Å². The molecule has 1 aliphatic heterocycles. The second-order valence-electron chi connectivity index (χ2n) is 5.22. The number of benzene rings is 1. The minimum absolute atomic E-state index is 0.279. The molecule has 0 spiro atoms. The van der Waals surface area contributed by atoms with Crippen molar-refractivity contribution >= 4 is 9.84 Å². The minimum Gasteiger partial charge on any atom is -0.314 e. The molecule has 1 saturated heterocycles. The topological polar surface area (TPSA) is 73.2 Å². The second kappa shape index (κ2) is 5.52. The monoisotopic (exact) mass is 293 g/mol. The van der Waals surface area contributed by atoms with E-state index in [4.69, 9.17) is 0 Å². The van der Waals surface area contributed by atoms with Crippen molar-refractivity contribution < 1.29 is 8.42 Å². The zero-order valence-electron chi connectivity index (χ0n) is 11.8. The van der Waals surface area contributed by atoms with Crippen molar-refractivity contribution in [3.63, 3.8) is 0 Å². The summed E-state index contributed by atoms with van der Waals surface area (Å²) in [4.78, 5) is 2.40. The smallest absolute Gasteiger partial charge is 0.175 e. The zero-order chi connectivity index (χ0) is 14.8. The van der Waals surface area contributed by atoms with Gasteiger partial charge in [-0.15, -0.1) is 0 Å². The van der Waals surface area contributed by atoms with Crippen LogP contribution in [0.5, 0.6) is 0 Å². The van der Waals surface area contributed by atoms with E-state index in [2.05, 4.69) is 16.3 Å². The molecule has 6 heteroatoms. The van der Waals surface area contributed by atoms with E-state index < -0.39 is 15.4 Å². The number of hydrogen-bond acceptors (Lipinski definition) is 5. The summed E-state index contributed by atoms with van der Waals surface area (Å²) in [6.45, 7) is 5.21. The van der Waals surface area contributed by atoms with Gasteiger partial charge in [0.25, 0.3) is 0 Å². The van der Waals surface area contributed by atoms with Gasteiger partial charge in [-0.2, -0.15) is 5.26 Å². The second-order valence-corrected chi connectivity index (χ2v) is 7.23. The van der Waals surface area contributed by atoms with Gasteiger partial charge in [-0.25, -0.2) is 8.42 Å². The summed E-state index contributed by atoms with van der Waals surface area (Å²) in [5.41, 5.74) is 0.104. The van der Waals surface area contributed by atoms with Crippen LogP contribution in [0, 0.1) is 11.3 Å². The van der Waals surface area contributed by atoms with Gasteiger partial charge in [0.15, 0.2) is 9.84 Å². The normalized spacial score (nSPS) is 20.1. The van der Waals surface area contributed by atoms with Crippen molar-refractivity contribution in [1.82, 2.24) is 10.2 Å². The summed E-state index contributed by atoms with van der Waals surface area (Å²) in [6, 6.07) is 8.99. The third-order valence-corrected chi connectivity index (χ3v) is 4.94. The molecule has 1 fully saturated rings. The molecule has 108 valence electrons. The number of hydrogen-bond donors (Lipinski definition) is 1. The summed E-state index contributed by atoms with van der Waals surface area (Å²) in [5, 5.41) is 12.9. The summed E-state index contributed by atoms with van der Waals surface area (Å²) in [7, 11) is -3.20. The van der Waals surface area contributed by atoms with Crippen LogP contribution in [0.4, 0.5) is 0 Å². The van der Waals surface area contributed by atoms with E-state index in [1.165, 1.54) is 6.26 Å². The molecule has 0 radical (unpaired) electrons. The molecule has 20 heavy (non-hydrogen) atoms. The lowest BCUT2D eigenvalue weighted by Gasteiger charge is -2.39. The summed E-state index contributed by atoms with van der Waals surface area (Å²) < 4.78 is 23.0. The van der Waals surface area contributed by atoms with Crippen molar-refractivity contribution in [2.75, 3.05) is 32.4 Å². The van der Waals surface area contributed by atoms with Crippen LogP contribution in [0.2, 0.25) is 0 Å². The van der Waals surface area contributed by atoms with Crippen LogP contribution in [0.15, 0.2) is 29.2 Å². The van der Waals surface area contributed by atoms with Crippen LogP contribution in [0.25, 0.3) is 0 Å². The molecule has 0 amide bonds. The Morgan fingerprint density at radius 1 is 1.25 bits per heavy atom. The van der Waals surface area contributed by atoms with Crippen molar-refractivity contribution in [3.05, 3.63) is 29.8 Å². The van der Waals surface area contributed by atoms with E-state index in [-0.39, 0.29) is 4.90 Å².